The van der Waals surface area contributed by atoms with Crippen LogP contribution in [0.3, 0.4) is 0 Å². The van der Waals surface area contributed by atoms with E-state index >= 15 is 0 Å². The van der Waals surface area contributed by atoms with Gasteiger partial charge in [-0.1, -0.05) is 6.07 Å². The van der Waals surface area contributed by atoms with Crippen molar-refractivity contribution in [2.45, 2.75) is 37.3 Å². The zero-order chi connectivity index (χ0) is 15.8. The van der Waals surface area contributed by atoms with Crippen molar-refractivity contribution in [1.82, 2.24) is 0 Å². The Balaban J connectivity index is 3.06. The predicted octanol–water partition coefficient (Wildman–Crippen LogP) is 1.56. The summed E-state index contributed by atoms with van der Waals surface area (Å²) in [6.07, 6.45) is 0. The lowest BCUT2D eigenvalue weighted by atomic mass is 10.2. The highest BCUT2D eigenvalue weighted by molar-refractivity contribution is 7.95. The molecule has 114 valence electrons. The third-order valence-electron chi connectivity index (χ3n) is 3.06. The molecule has 0 aliphatic carbocycles. The number of sulfone groups is 2. The van der Waals surface area contributed by atoms with E-state index in [9.17, 15) is 16.8 Å². The molecular formula is C13H21NO4S2. The van der Waals surface area contributed by atoms with Crippen LogP contribution in [-0.2, 0) is 19.7 Å². The summed E-state index contributed by atoms with van der Waals surface area (Å²) in [4.78, 5) is 0.00149. The molecule has 0 bridgehead atoms. The summed E-state index contributed by atoms with van der Waals surface area (Å²) in [6, 6.07) is 4.69. The van der Waals surface area contributed by atoms with Crippen molar-refractivity contribution in [2.24, 2.45) is 0 Å². The van der Waals surface area contributed by atoms with Gasteiger partial charge >= 0.3 is 0 Å². The van der Waals surface area contributed by atoms with Crippen LogP contribution in [-0.4, -0.2) is 33.1 Å². The van der Waals surface area contributed by atoms with E-state index in [1.54, 1.807) is 33.8 Å². The van der Waals surface area contributed by atoms with Gasteiger partial charge in [0.05, 0.1) is 26.8 Å². The summed E-state index contributed by atoms with van der Waals surface area (Å²) in [6.45, 7) is 6.41. The Kier molecular flexibility index (Phi) is 4.55. The van der Waals surface area contributed by atoms with Crippen molar-refractivity contribution in [2.75, 3.05) is 17.2 Å². The number of rotatable bonds is 4. The largest absolute Gasteiger partial charge is 0.398 e. The highest BCUT2D eigenvalue weighted by atomic mass is 32.2. The third kappa shape index (κ3) is 3.73. The number of nitrogen functional groups attached to an aromatic ring is 1. The van der Waals surface area contributed by atoms with Gasteiger partial charge in [-0.05, 0) is 45.4 Å². The first kappa shape index (κ1) is 17.0. The Hall–Kier alpha value is -1.08. The molecule has 0 aromatic heterocycles. The van der Waals surface area contributed by atoms with Gasteiger partial charge in [-0.15, -0.1) is 0 Å². The minimum absolute atomic E-state index is 0.00149. The minimum atomic E-state index is -3.71. The van der Waals surface area contributed by atoms with Crippen molar-refractivity contribution < 1.29 is 16.8 Å². The number of hydrogen-bond donors (Lipinski definition) is 1. The summed E-state index contributed by atoms with van der Waals surface area (Å²) < 4.78 is 47.5. The molecular weight excluding hydrogens is 298 g/mol. The topological polar surface area (TPSA) is 94.3 Å². The Morgan fingerprint density at radius 2 is 1.60 bits per heavy atom. The van der Waals surface area contributed by atoms with Crippen molar-refractivity contribution in [3.05, 3.63) is 23.8 Å². The van der Waals surface area contributed by atoms with E-state index in [2.05, 4.69) is 0 Å². The van der Waals surface area contributed by atoms with Crippen LogP contribution < -0.4 is 5.73 Å². The predicted molar refractivity (Wildman–Crippen MR) is 81.2 cm³/mol. The number of hydrogen-bond acceptors (Lipinski definition) is 5. The fourth-order valence-electron chi connectivity index (χ4n) is 1.55. The maximum absolute atomic E-state index is 12.2. The second-order valence-corrected chi connectivity index (χ2v) is 10.7. The van der Waals surface area contributed by atoms with E-state index in [0.29, 0.717) is 0 Å². The molecule has 0 aliphatic rings. The molecule has 5 nitrogen and oxygen atoms in total. The monoisotopic (exact) mass is 319 g/mol. The van der Waals surface area contributed by atoms with Gasteiger partial charge in [-0.25, -0.2) is 16.8 Å². The third-order valence-corrected chi connectivity index (χ3v) is 7.69. The van der Waals surface area contributed by atoms with Crippen molar-refractivity contribution in [3.8, 4) is 0 Å². The van der Waals surface area contributed by atoms with Gasteiger partial charge in [-0.3, -0.25) is 0 Å². The number of anilines is 1. The average molecular weight is 319 g/mol. The molecule has 0 amide bonds. The van der Waals surface area contributed by atoms with E-state index in [4.69, 9.17) is 5.73 Å². The molecule has 0 saturated carbocycles. The van der Waals surface area contributed by atoms with Gasteiger partial charge in [0, 0.05) is 0 Å². The maximum atomic E-state index is 12.2. The molecule has 0 atom stereocenters. The fourth-order valence-corrected chi connectivity index (χ4v) is 4.93. The summed E-state index contributed by atoms with van der Waals surface area (Å²) >= 11 is 0. The lowest BCUT2D eigenvalue weighted by molar-refractivity contribution is 0.559. The van der Waals surface area contributed by atoms with Crippen LogP contribution >= 0.6 is 0 Å². The van der Waals surface area contributed by atoms with Gasteiger partial charge in [-0.2, -0.15) is 0 Å². The van der Waals surface area contributed by atoms with Gasteiger partial charge < -0.3 is 5.73 Å². The van der Waals surface area contributed by atoms with Crippen molar-refractivity contribution in [3.63, 3.8) is 0 Å². The molecule has 1 rings (SSSR count). The first-order valence-corrected chi connectivity index (χ1v) is 9.48. The van der Waals surface area contributed by atoms with Gasteiger partial charge in [0.15, 0.2) is 19.7 Å². The highest BCUT2D eigenvalue weighted by Gasteiger charge is 2.31. The molecule has 0 spiro atoms. The number of aryl methyl sites for hydroxylation is 1. The summed E-state index contributed by atoms with van der Waals surface area (Å²) in [7, 11) is -7.19. The Morgan fingerprint density at radius 3 is 2.10 bits per heavy atom. The van der Waals surface area contributed by atoms with Gasteiger partial charge in [0.25, 0.3) is 0 Å². The standard InChI is InChI=1S/C13H21NO4S2/c1-10-5-6-11(14)12(9-10)19(15,16)7-8-20(17,18)13(2,3)4/h5-6,9H,7-8,14H2,1-4H3. The molecule has 1 aromatic rings. The molecule has 7 heteroatoms. The SMILES string of the molecule is Cc1ccc(N)c(S(=O)(=O)CCS(=O)(=O)C(C)(C)C)c1. The molecule has 2 N–H and O–H groups in total. The van der Waals surface area contributed by atoms with Crippen LogP contribution in [0, 0.1) is 6.92 Å². The summed E-state index contributed by atoms with van der Waals surface area (Å²) in [5.41, 5.74) is 6.58. The van der Waals surface area contributed by atoms with E-state index in [0.717, 1.165) is 5.56 Å². The zero-order valence-electron chi connectivity index (χ0n) is 12.2. The lowest BCUT2D eigenvalue weighted by Crippen LogP contribution is -2.33. The second-order valence-electron chi connectivity index (χ2n) is 5.79. The number of benzene rings is 1. The van der Waals surface area contributed by atoms with Crippen molar-refractivity contribution >= 4 is 25.4 Å². The first-order chi connectivity index (χ1) is 8.87. The molecule has 0 radical (unpaired) electrons. The first-order valence-electron chi connectivity index (χ1n) is 6.18. The van der Waals surface area contributed by atoms with E-state index in [-0.39, 0.29) is 10.6 Å². The Bertz CT molecular complexity index is 698. The van der Waals surface area contributed by atoms with Crippen LogP contribution in [0.4, 0.5) is 5.69 Å². The van der Waals surface area contributed by atoms with Crippen LogP contribution in [0.15, 0.2) is 23.1 Å². The second kappa shape index (κ2) is 5.37. The van der Waals surface area contributed by atoms with E-state index < -0.39 is 35.9 Å². The zero-order valence-corrected chi connectivity index (χ0v) is 13.8. The molecule has 0 fully saturated rings. The minimum Gasteiger partial charge on any atom is -0.398 e. The smallest absolute Gasteiger partial charge is 0.181 e. The average Bonchev–Trinajstić information content (AvgIpc) is 2.28. The molecule has 0 aliphatic heterocycles. The van der Waals surface area contributed by atoms with E-state index in [1.165, 1.54) is 12.1 Å². The van der Waals surface area contributed by atoms with Crippen LogP contribution in [0.2, 0.25) is 0 Å². The molecule has 0 unspecified atom stereocenters. The summed E-state index contributed by atoms with van der Waals surface area (Å²) in [5.74, 6) is -0.869. The number of nitrogens with two attached hydrogens (primary N) is 1. The van der Waals surface area contributed by atoms with Gasteiger partial charge in [0.2, 0.25) is 0 Å². The Labute approximate surface area is 121 Å². The molecule has 0 saturated heterocycles. The Morgan fingerprint density at radius 1 is 1.05 bits per heavy atom. The van der Waals surface area contributed by atoms with Crippen LogP contribution in [0.5, 0.6) is 0 Å². The molecule has 20 heavy (non-hydrogen) atoms. The fraction of sp³-hybridized carbons (Fsp3) is 0.538. The molecule has 1 aromatic carbocycles. The normalized spacial score (nSPS) is 13.4. The van der Waals surface area contributed by atoms with Crippen LogP contribution in [0.1, 0.15) is 26.3 Å². The highest BCUT2D eigenvalue weighted by Crippen LogP contribution is 2.23. The maximum Gasteiger partial charge on any atom is 0.181 e. The summed E-state index contributed by atoms with van der Waals surface area (Å²) in [5, 5.41) is 0. The van der Waals surface area contributed by atoms with Gasteiger partial charge in [0.1, 0.15) is 0 Å². The lowest BCUT2D eigenvalue weighted by Gasteiger charge is -2.19. The van der Waals surface area contributed by atoms with E-state index in [1.807, 2.05) is 0 Å². The van der Waals surface area contributed by atoms with Crippen LogP contribution in [0.25, 0.3) is 0 Å². The van der Waals surface area contributed by atoms with Crippen molar-refractivity contribution in [1.29, 1.82) is 0 Å². The molecule has 0 heterocycles. The quantitative estimate of drug-likeness (QED) is 0.850.